The number of carbonyl (C=O) groups excluding carboxylic acids is 2. The maximum absolute atomic E-state index is 13.2. The number of rotatable bonds is 7. The highest BCUT2D eigenvalue weighted by atomic mass is 16.5. The molecule has 0 aromatic heterocycles. The van der Waals surface area contributed by atoms with Crippen molar-refractivity contribution in [2.75, 3.05) is 27.3 Å². The highest BCUT2D eigenvalue weighted by Crippen LogP contribution is 2.31. The second kappa shape index (κ2) is 9.62. The Labute approximate surface area is 162 Å². The molecule has 1 N–H and O–H groups in total. The summed E-state index contributed by atoms with van der Waals surface area (Å²) in [6.07, 6.45) is 3.64. The molecule has 6 heteroatoms. The van der Waals surface area contributed by atoms with E-state index >= 15 is 0 Å². The number of ether oxygens (including phenoxy) is 2. The summed E-state index contributed by atoms with van der Waals surface area (Å²) in [4.78, 5) is 27.4. The fourth-order valence-electron chi connectivity index (χ4n) is 3.51. The zero-order valence-corrected chi connectivity index (χ0v) is 17.1. The molecule has 1 heterocycles. The second-order valence-corrected chi connectivity index (χ2v) is 7.23. The lowest BCUT2D eigenvalue weighted by Gasteiger charge is -2.37. The van der Waals surface area contributed by atoms with Crippen LogP contribution in [0.2, 0.25) is 0 Å². The van der Waals surface area contributed by atoms with Crippen molar-refractivity contribution >= 4 is 11.8 Å². The number of nitrogens with one attached hydrogen (secondary N) is 1. The molecule has 1 aromatic carbocycles. The predicted molar refractivity (Wildman–Crippen MR) is 105 cm³/mol. The van der Waals surface area contributed by atoms with Gasteiger partial charge in [-0.05, 0) is 45.2 Å². The van der Waals surface area contributed by atoms with E-state index in [4.69, 9.17) is 9.47 Å². The average Bonchev–Trinajstić information content (AvgIpc) is 2.68. The van der Waals surface area contributed by atoms with E-state index < -0.39 is 0 Å². The lowest BCUT2D eigenvalue weighted by Crippen LogP contribution is -2.49. The number of unbranched alkanes of at least 4 members (excludes halogenated alkanes) is 1. The maximum Gasteiger partial charge on any atom is 0.254 e. The number of methoxy groups -OCH3 is 2. The van der Waals surface area contributed by atoms with Gasteiger partial charge in [0.25, 0.3) is 5.91 Å². The van der Waals surface area contributed by atoms with Crippen molar-refractivity contribution in [2.24, 2.45) is 5.92 Å². The van der Waals surface area contributed by atoms with Crippen molar-refractivity contribution in [3.05, 3.63) is 23.3 Å². The van der Waals surface area contributed by atoms with E-state index in [1.54, 1.807) is 31.3 Å². The van der Waals surface area contributed by atoms with Crippen LogP contribution in [-0.4, -0.2) is 50.1 Å². The second-order valence-electron chi connectivity index (χ2n) is 7.23. The predicted octanol–water partition coefficient (Wildman–Crippen LogP) is 3.17. The largest absolute Gasteiger partial charge is 0.496 e. The van der Waals surface area contributed by atoms with Gasteiger partial charge in [-0.1, -0.05) is 13.3 Å². The fourth-order valence-corrected chi connectivity index (χ4v) is 3.51. The molecule has 2 unspecified atom stereocenters. The van der Waals surface area contributed by atoms with Crippen molar-refractivity contribution in [1.29, 1.82) is 0 Å². The quantitative estimate of drug-likeness (QED) is 0.742. The van der Waals surface area contributed by atoms with Crippen molar-refractivity contribution in [3.63, 3.8) is 0 Å². The van der Waals surface area contributed by atoms with Crippen LogP contribution in [0.1, 0.15) is 55.5 Å². The molecule has 2 amide bonds. The Hall–Kier alpha value is -2.24. The number of piperidine rings is 1. The number of hydrogen-bond donors (Lipinski definition) is 1. The summed E-state index contributed by atoms with van der Waals surface area (Å²) >= 11 is 0. The van der Waals surface area contributed by atoms with Gasteiger partial charge in [-0.25, -0.2) is 0 Å². The van der Waals surface area contributed by atoms with Gasteiger partial charge in [-0.15, -0.1) is 0 Å². The molecule has 0 radical (unpaired) electrons. The van der Waals surface area contributed by atoms with Crippen LogP contribution < -0.4 is 14.8 Å². The summed E-state index contributed by atoms with van der Waals surface area (Å²) in [5.74, 6) is 1.04. The minimum atomic E-state index is -0.156. The highest BCUT2D eigenvalue weighted by Gasteiger charge is 2.33. The van der Waals surface area contributed by atoms with Crippen molar-refractivity contribution in [2.45, 2.75) is 52.5 Å². The van der Waals surface area contributed by atoms with Gasteiger partial charge in [-0.2, -0.15) is 0 Å². The highest BCUT2D eigenvalue weighted by molar-refractivity contribution is 5.96. The van der Waals surface area contributed by atoms with Crippen LogP contribution in [0, 0.1) is 12.8 Å². The first-order chi connectivity index (χ1) is 12.9. The Morgan fingerprint density at radius 2 is 1.81 bits per heavy atom. The molecule has 0 saturated carbocycles. The molecule has 0 bridgehead atoms. The number of likely N-dealkylation sites (tertiary alicyclic amines) is 1. The standard InChI is InChI=1S/C21H32N2O4/c1-6-7-10-22-20(24)16-9-8-14(2)23(13-16)21(25)17-11-18(26-4)15(3)19(12-17)27-5/h11-12,14,16H,6-10,13H2,1-5H3,(H,22,24). The molecule has 1 aliphatic rings. The molecule has 2 atom stereocenters. The van der Waals surface area contributed by atoms with Crippen LogP contribution in [0.5, 0.6) is 11.5 Å². The van der Waals surface area contributed by atoms with Gasteiger partial charge in [0.1, 0.15) is 11.5 Å². The van der Waals surface area contributed by atoms with Crippen LogP contribution in [0.15, 0.2) is 12.1 Å². The van der Waals surface area contributed by atoms with Crippen molar-refractivity contribution in [3.8, 4) is 11.5 Å². The summed E-state index contributed by atoms with van der Waals surface area (Å²) in [6, 6.07) is 3.59. The summed E-state index contributed by atoms with van der Waals surface area (Å²) in [6.45, 7) is 7.16. The van der Waals surface area contributed by atoms with E-state index in [9.17, 15) is 9.59 Å². The summed E-state index contributed by atoms with van der Waals surface area (Å²) in [7, 11) is 3.16. The monoisotopic (exact) mass is 376 g/mol. The van der Waals surface area contributed by atoms with E-state index in [-0.39, 0.29) is 23.8 Å². The maximum atomic E-state index is 13.2. The summed E-state index contributed by atoms with van der Waals surface area (Å²) < 4.78 is 10.8. The third-order valence-corrected chi connectivity index (χ3v) is 5.34. The smallest absolute Gasteiger partial charge is 0.254 e. The van der Waals surface area contributed by atoms with Gasteiger partial charge in [-0.3, -0.25) is 9.59 Å². The number of nitrogens with zero attached hydrogens (tertiary/aromatic N) is 1. The molecule has 1 aromatic rings. The SMILES string of the molecule is CCCCNC(=O)C1CCC(C)N(C(=O)c2cc(OC)c(C)c(OC)c2)C1. The Morgan fingerprint density at radius 3 is 2.37 bits per heavy atom. The Morgan fingerprint density at radius 1 is 1.19 bits per heavy atom. The molecule has 0 aliphatic carbocycles. The molecule has 0 spiro atoms. The normalized spacial score (nSPS) is 19.5. The van der Waals surface area contributed by atoms with Crippen molar-refractivity contribution in [1.82, 2.24) is 10.2 Å². The van der Waals surface area contributed by atoms with Gasteiger partial charge in [0.15, 0.2) is 0 Å². The zero-order valence-electron chi connectivity index (χ0n) is 17.1. The van der Waals surface area contributed by atoms with Crippen LogP contribution in [0.25, 0.3) is 0 Å². The van der Waals surface area contributed by atoms with Crippen LogP contribution in [0.4, 0.5) is 0 Å². The average molecular weight is 376 g/mol. The van der Waals surface area contributed by atoms with E-state index in [1.165, 1.54) is 0 Å². The molecular weight excluding hydrogens is 344 g/mol. The van der Waals surface area contributed by atoms with E-state index in [1.807, 2.05) is 13.8 Å². The Bertz CT molecular complexity index is 649. The topological polar surface area (TPSA) is 67.9 Å². The molecule has 1 fully saturated rings. The molecule has 1 saturated heterocycles. The van der Waals surface area contributed by atoms with E-state index in [0.717, 1.165) is 31.2 Å². The summed E-state index contributed by atoms with van der Waals surface area (Å²) in [5.41, 5.74) is 1.38. The molecule has 1 aliphatic heterocycles. The molecule has 6 nitrogen and oxygen atoms in total. The Balaban J connectivity index is 2.17. The van der Waals surface area contributed by atoms with Gasteiger partial charge in [0.05, 0.1) is 20.1 Å². The first-order valence-corrected chi connectivity index (χ1v) is 9.74. The van der Waals surface area contributed by atoms with Crippen LogP contribution in [-0.2, 0) is 4.79 Å². The van der Waals surface area contributed by atoms with Gasteiger partial charge in [0, 0.05) is 30.3 Å². The van der Waals surface area contributed by atoms with E-state index in [2.05, 4.69) is 12.2 Å². The number of benzene rings is 1. The van der Waals surface area contributed by atoms with E-state index in [0.29, 0.717) is 30.2 Å². The molecule has 27 heavy (non-hydrogen) atoms. The minimum Gasteiger partial charge on any atom is -0.496 e. The first-order valence-electron chi connectivity index (χ1n) is 9.74. The third-order valence-electron chi connectivity index (χ3n) is 5.34. The van der Waals surface area contributed by atoms with Crippen LogP contribution in [0.3, 0.4) is 0 Å². The third kappa shape index (κ3) is 4.93. The van der Waals surface area contributed by atoms with Gasteiger partial charge in [0.2, 0.25) is 5.91 Å². The lowest BCUT2D eigenvalue weighted by molar-refractivity contribution is -0.126. The van der Waals surface area contributed by atoms with Gasteiger partial charge >= 0.3 is 0 Å². The first kappa shape index (κ1) is 21.1. The number of carbonyl (C=O) groups is 2. The fraction of sp³-hybridized carbons (Fsp3) is 0.619. The Kier molecular flexibility index (Phi) is 7.51. The molecule has 150 valence electrons. The molecule has 2 rings (SSSR count). The van der Waals surface area contributed by atoms with Crippen molar-refractivity contribution < 1.29 is 19.1 Å². The molecular formula is C21H32N2O4. The zero-order chi connectivity index (χ0) is 20.0. The minimum absolute atomic E-state index is 0.0483. The number of hydrogen-bond acceptors (Lipinski definition) is 4. The summed E-state index contributed by atoms with van der Waals surface area (Å²) in [5, 5.41) is 2.99. The van der Waals surface area contributed by atoms with Gasteiger partial charge < -0.3 is 19.7 Å². The lowest BCUT2D eigenvalue weighted by atomic mass is 9.92. The van der Waals surface area contributed by atoms with Crippen LogP contribution >= 0.6 is 0 Å². The number of amides is 2.